The number of fused-ring (bicyclic) bond motifs is 1. The molecule has 0 aliphatic rings. The minimum Gasteiger partial charge on any atom is -0.485 e. The summed E-state index contributed by atoms with van der Waals surface area (Å²) in [4.78, 5) is 20.0. The maximum Gasteiger partial charge on any atom is 0.222 e. The molecule has 0 spiro atoms. The largest absolute Gasteiger partial charge is 0.485 e. The summed E-state index contributed by atoms with van der Waals surface area (Å²) in [5, 5.41) is 9.61. The Labute approximate surface area is 236 Å². The van der Waals surface area contributed by atoms with Crippen LogP contribution in [-0.2, 0) is 33.4 Å². The fourth-order valence-electron chi connectivity index (χ4n) is 4.33. The van der Waals surface area contributed by atoms with Crippen molar-refractivity contribution >= 4 is 44.3 Å². The number of amides is 1. The first-order chi connectivity index (χ1) is 18.4. The lowest BCUT2D eigenvalue weighted by molar-refractivity contribution is -0.117. The number of imidazole rings is 1. The van der Waals surface area contributed by atoms with E-state index in [0.29, 0.717) is 39.9 Å². The number of aromatic nitrogens is 2. The van der Waals surface area contributed by atoms with Gasteiger partial charge in [0, 0.05) is 42.2 Å². The number of primary amides is 1. The van der Waals surface area contributed by atoms with Gasteiger partial charge in [-0.25, -0.2) is 13.4 Å². The summed E-state index contributed by atoms with van der Waals surface area (Å²) in [5.74, 6) is -0.0553. The summed E-state index contributed by atoms with van der Waals surface area (Å²) in [5.41, 5.74) is 9.51. The molecule has 3 N–H and O–H groups in total. The molecule has 3 heterocycles. The van der Waals surface area contributed by atoms with E-state index in [-0.39, 0.29) is 18.8 Å². The molecule has 39 heavy (non-hydrogen) atoms. The number of carbonyl (C=O) groups is 1. The van der Waals surface area contributed by atoms with Crippen LogP contribution < -0.4 is 10.5 Å². The van der Waals surface area contributed by atoms with E-state index in [1.807, 2.05) is 47.7 Å². The van der Waals surface area contributed by atoms with Crippen LogP contribution in [0.5, 0.6) is 5.75 Å². The minimum atomic E-state index is -3.19. The SMILES string of the molecule is C[C@@H](Oc1cc(-c2cnc3ccc(CN(C)CCO)cn23)sc1CC(N)=O)c1ccc(CS(C)(=O)=O)cc1Cl. The summed E-state index contributed by atoms with van der Waals surface area (Å²) in [6.07, 6.45) is 4.51. The van der Waals surface area contributed by atoms with Gasteiger partial charge in [-0.1, -0.05) is 29.8 Å². The predicted molar refractivity (Wildman–Crippen MR) is 154 cm³/mol. The van der Waals surface area contributed by atoms with Crippen LogP contribution in [0.1, 0.15) is 34.6 Å². The number of likely N-dealkylation sites (N-methyl/N-ethyl adjacent to an activating group) is 1. The van der Waals surface area contributed by atoms with Crippen LogP contribution in [-0.4, -0.2) is 60.2 Å². The first-order valence-corrected chi connectivity index (χ1v) is 15.5. The van der Waals surface area contributed by atoms with Gasteiger partial charge in [0.05, 0.1) is 40.4 Å². The average Bonchev–Trinajstić information content (AvgIpc) is 3.41. The van der Waals surface area contributed by atoms with Crippen LogP contribution in [0.3, 0.4) is 0 Å². The maximum absolute atomic E-state index is 11.9. The predicted octanol–water partition coefficient (Wildman–Crippen LogP) is 3.85. The number of sulfone groups is 1. The molecule has 4 rings (SSSR count). The van der Waals surface area contributed by atoms with E-state index in [1.54, 1.807) is 24.4 Å². The fraction of sp³-hybridized carbons (Fsp3) is 0.333. The zero-order valence-corrected chi connectivity index (χ0v) is 24.3. The zero-order valence-electron chi connectivity index (χ0n) is 21.9. The smallest absolute Gasteiger partial charge is 0.222 e. The van der Waals surface area contributed by atoms with Crippen molar-refractivity contribution in [1.82, 2.24) is 14.3 Å². The normalized spacial score (nSPS) is 12.8. The van der Waals surface area contributed by atoms with Crippen LogP contribution >= 0.6 is 22.9 Å². The van der Waals surface area contributed by atoms with Crippen molar-refractivity contribution in [1.29, 1.82) is 0 Å². The van der Waals surface area contributed by atoms with Gasteiger partial charge < -0.3 is 15.6 Å². The number of hydrogen-bond acceptors (Lipinski definition) is 8. The number of hydrogen-bond donors (Lipinski definition) is 2. The van der Waals surface area contributed by atoms with Gasteiger partial charge in [0.25, 0.3) is 0 Å². The first kappa shape index (κ1) is 29.0. The molecule has 0 fully saturated rings. The van der Waals surface area contributed by atoms with Crippen molar-refractivity contribution < 1.29 is 23.1 Å². The van der Waals surface area contributed by atoms with E-state index in [2.05, 4.69) is 4.98 Å². The lowest BCUT2D eigenvalue weighted by Gasteiger charge is -2.17. The monoisotopic (exact) mass is 590 g/mol. The number of rotatable bonds is 12. The molecular weight excluding hydrogens is 560 g/mol. The van der Waals surface area contributed by atoms with E-state index < -0.39 is 21.8 Å². The number of carbonyl (C=O) groups excluding carboxylic acids is 1. The molecule has 1 amide bonds. The third-order valence-corrected chi connectivity index (χ3v) is 8.42. The second-order valence-corrected chi connectivity index (χ2v) is 13.3. The molecule has 208 valence electrons. The van der Waals surface area contributed by atoms with Gasteiger partial charge in [-0.3, -0.25) is 14.1 Å². The van der Waals surface area contributed by atoms with E-state index in [4.69, 9.17) is 22.1 Å². The van der Waals surface area contributed by atoms with Crippen molar-refractivity contribution in [2.75, 3.05) is 26.5 Å². The Morgan fingerprint density at radius 3 is 2.67 bits per heavy atom. The Bertz CT molecular complexity index is 1600. The Balaban J connectivity index is 1.64. The van der Waals surface area contributed by atoms with Crippen molar-refractivity contribution in [2.45, 2.75) is 31.7 Å². The first-order valence-electron chi connectivity index (χ1n) is 12.2. The van der Waals surface area contributed by atoms with E-state index in [1.165, 1.54) is 17.6 Å². The summed E-state index contributed by atoms with van der Waals surface area (Å²) >= 11 is 7.90. The van der Waals surface area contributed by atoms with Gasteiger partial charge >= 0.3 is 0 Å². The Kier molecular flexibility index (Phi) is 8.97. The second kappa shape index (κ2) is 12.1. The van der Waals surface area contributed by atoms with Crippen LogP contribution in [0.25, 0.3) is 16.2 Å². The molecule has 9 nitrogen and oxygen atoms in total. The van der Waals surface area contributed by atoms with Crippen LogP contribution in [0.2, 0.25) is 5.02 Å². The number of benzene rings is 1. The number of pyridine rings is 1. The molecule has 0 saturated carbocycles. The van der Waals surface area contributed by atoms with Crippen molar-refractivity contribution in [3.63, 3.8) is 0 Å². The summed E-state index contributed by atoms with van der Waals surface area (Å²) < 4.78 is 31.6. The molecule has 0 aliphatic carbocycles. The molecule has 0 aliphatic heterocycles. The molecule has 0 bridgehead atoms. The number of nitrogens with zero attached hydrogens (tertiary/aromatic N) is 3. The highest BCUT2D eigenvalue weighted by atomic mass is 35.5. The summed E-state index contributed by atoms with van der Waals surface area (Å²) in [7, 11) is -1.25. The van der Waals surface area contributed by atoms with Gasteiger partial charge in [-0.2, -0.15) is 0 Å². The molecule has 0 unspecified atom stereocenters. The van der Waals surface area contributed by atoms with Crippen molar-refractivity contribution in [3.8, 4) is 16.3 Å². The highest BCUT2D eigenvalue weighted by Crippen LogP contribution is 2.39. The summed E-state index contributed by atoms with van der Waals surface area (Å²) in [6, 6.07) is 10.9. The number of ether oxygens (including phenoxy) is 1. The highest BCUT2D eigenvalue weighted by molar-refractivity contribution is 7.89. The van der Waals surface area contributed by atoms with Gasteiger partial charge in [-0.15, -0.1) is 11.3 Å². The molecule has 4 aromatic rings. The molecule has 1 atom stereocenters. The topological polar surface area (TPSA) is 127 Å². The number of halogens is 1. The lowest BCUT2D eigenvalue weighted by atomic mass is 10.1. The molecule has 0 saturated heterocycles. The van der Waals surface area contributed by atoms with E-state index in [9.17, 15) is 18.3 Å². The van der Waals surface area contributed by atoms with E-state index in [0.717, 1.165) is 21.8 Å². The number of aliphatic hydroxyl groups excluding tert-OH is 1. The molecule has 0 radical (unpaired) electrons. The van der Waals surface area contributed by atoms with Gasteiger partial charge in [0.2, 0.25) is 5.91 Å². The summed E-state index contributed by atoms with van der Waals surface area (Å²) in [6.45, 7) is 3.16. The quantitative estimate of drug-likeness (QED) is 0.256. The van der Waals surface area contributed by atoms with E-state index >= 15 is 0 Å². The Morgan fingerprint density at radius 2 is 2.00 bits per heavy atom. The number of thiophene rings is 1. The lowest BCUT2D eigenvalue weighted by Crippen LogP contribution is -2.21. The van der Waals surface area contributed by atoms with Gasteiger partial charge in [-0.05, 0) is 37.2 Å². The molecule has 3 aromatic heterocycles. The van der Waals surface area contributed by atoms with Crippen LogP contribution in [0.4, 0.5) is 0 Å². The Morgan fingerprint density at radius 1 is 1.26 bits per heavy atom. The molecule has 1 aromatic carbocycles. The fourth-order valence-corrected chi connectivity index (χ4v) is 6.58. The van der Waals surface area contributed by atoms with Crippen molar-refractivity contribution in [3.05, 3.63) is 75.4 Å². The Hall–Kier alpha value is -2.96. The highest BCUT2D eigenvalue weighted by Gasteiger charge is 2.20. The third-order valence-electron chi connectivity index (χ3n) is 6.09. The van der Waals surface area contributed by atoms with Crippen molar-refractivity contribution in [2.24, 2.45) is 5.73 Å². The minimum absolute atomic E-state index is 0.0156. The maximum atomic E-state index is 11.9. The molecular formula is C27H31ClN4O5S2. The van der Waals surface area contributed by atoms with Crippen LogP contribution in [0, 0.1) is 0 Å². The second-order valence-electron chi connectivity index (χ2n) is 9.60. The van der Waals surface area contributed by atoms with Crippen LogP contribution in [0.15, 0.2) is 48.8 Å². The van der Waals surface area contributed by atoms with Gasteiger partial charge in [0.15, 0.2) is 9.84 Å². The number of nitrogens with two attached hydrogens (primary N) is 1. The average molecular weight is 591 g/mol. The standard InChI is InChI=1S/C27H31ClN4O5S2/c1-17(20-6-4-18(10-21(20)28)16-39(3,35)36)37-23-11-24(38-25(23)12-26(29)34)22-13-30-27-7-5-19(15-32(22)27)14-31(2)8-9-33/h4-7,10-11,13,15,17,33H,8-9,12,14,16H2,1-3H3,(H2,29,34)/t17-/m1/s1. The van der Waals surface area contributed by atoms with Gasteiger partial charge in [0.1, 0.15) is 17.5 Å². The third kappa shape index (κ3) is 7.37. The number of aliphatic hydroxyl groups is 1. The molecule has 12 heteroatoms. The zero-order chi connectivity index (χ0) is 28.3.